The minimum atomic E-state index is -1.04. The van der Waals surface area contributed by atoms with E-state index < -0.39 is 12.0 Å². The first-order valence-corrected chi connectivity index (χ1v) is 8.73. The molecule has 1 atom stereocenters. The van der Waals surface area contributed by atoms with Gasteiger partial charge in [0, 0.05) is 34.2 Å². The van der Waals surface area contributed by atoms with Gasteiger partial charge in [0.05, 0.1) is 5.60 Å². The molecular formula is C15H22BrNO4S. The van der Waals surface area contributed by atoms with E-state index in [1.807, 2.05) is 32.2 Å². The Morgan fingerprint density at radius 1 is 1.45 bits per heavy atom. The highest BCUT2D eigenvalue weighted by Crippen LogP contribution is 2.20. The quantitative estimate of drug-likeness (QED) is 0.713. The van der Waals surface area contributed by atoms with Gasteiger partial charge in [0.15, 0.2) is 0 Å². The molecule has 0 saturated heterocycles. The van der Waals surface area contributed by atoms with Gasteiger partial charge in [-0.3, -0.25) is 4.79 Å². The monoisotopic (exact) mass is 391 g/mol. The third-order valence-corrected chi connectivity index (χ3v) is 4.55. The van der Waals surface area contributed by atoms with Crippen LogP contribution >= 0.6 is 27.3 Å². The number of nitrogens with one attached hydrogen (secondary N) is 1. The Bertz CT molecular complexity index is 510. The van der Waals surface area contributed by atoms with E-state index in [1.54, 1.807) is 11.3 Å². The Hall–Kier alpha value is -0.920. The van der Waals surface area contributed by atoms with Gasteiger partial charge in [-0.2, -0.15) is 0 Å². The summed E-state index contributed by atoms with van der Waals surface area (Å²) in [6, 6.07) is 1.05. The molecule has 2 N–H and O–H groups in total. The maximum atomic E-state index is 11.9. The van der Waals surface area contributed by atoms with Crippen LogP contribution in [0.3, 0.4) is 0 Å². The molecule has 1 aromatic heterocycles. The molecule has 0 bridgehead atoms. The van der Waals surface area contributed by atoms with Gasteiger partial charge in [-0.1, -0.05) is 0 Å². The summed E-state index contributed by atoms with van der Waals surface area (Å²) >= 11 is 4.93. The predicted molar refractivity (Wildman–Crippen MR) is 90.2 cm³/mol. The van der Waals surface area contributed by atoms with Crippen molar-refractivity contribution in [2.24, 2.45) is 0 Å². The normalized spacial score (nSPS) is 12.9. The standard InChI is InChI=1S/C15H22BrNO4S/c1-15(2,3)21-7-6-12(14(19)20)17-13(18)5-4-11-8-10(16)9-22-11/h8-9,12H,4-7H2,1-3H3,(H,17,18)(H,19,20). The third kappa shape index (κ3) is 7.91. The molecule has 5 nitrogen and oxygen atoms in total. The Labute approximate surface area is 143 Å². The third-order valence-electron chi connectivity index (χ3n) is 2.80. The lowest BCUT2D eigenvalue weighted by molar-refractivity contribution is -0.142. The highest BCUT2D eigenvalue weighted by molar-refractivity contribution is 9.10. The summed E-state index contributed by atoms with van der Waals surface area (Å²) in [5, 5.41) is 13.7. The molecule has 0 saturated carbocycles. The zero-order chi connectivity index (χ0) is 16.8. The van der Waals surface area contributed by atoms with E-state index in [2.05, 4.69) is 21.2 Å². The Balaban J connectivity index is 2.38. The molecule has 7 heteroatoms. The fraction of sp³-hybridized carbons (Fsp3) is 0.600. The number of carbonyl (C=O) groups is 2. The summed E-state index contributed by atoms with van der Waals surface area (Å²) in [4.78, 5) is 24.2. The highest BCUT2D eigenvalue weighted by Gasteiger charge is 2.21. The number of rotatable bonds is 8. The molecule has 0 radical (unpaired) electrons. The van der Waals surface area contributed by atoms with Crippen molar-refractivity contribution >= 4 is 39.1 Å². The number of ether oxygens (including phenoxy) is 1. The number of carbonyl (C=O) groups excluding carboxylic acids is 1. The first kappa shape index (κ1) is 19.1. The molecule has 0 fully saturated rings. The maximum Gasteiger partial charge on any atom is 0.326 e. The molecule has 0 aliphatic heterocycles. The number of halogens is 1. The minimum absolute atomic E-state index is 0.253. The second-order valence-corrected chi connectivity index (χ2v) is 7.85. The number of aryl methyl sites for hydroxylation is 1. The Morgan fingerprint density at radius 3 is 2.64 bits per heavy atom. The zero-order valence-electron chi connectivity index (χ0n) is 13.0. The van der Waals surface area contributed by atoms with Crippen LogP contribution in [0, 0.1) is 0 Å². The van der Waals surface area contributed by atoms with E-state index >= 15 is 0 Å². The van der Waals surface area contributed by atoms with Gasteiger partial charge in [-0.05, 0) is 49.2 Å². The van der Waals surface area contributed by atoms with Crippen LogP contribution < -0.4 is 5.32 Å². The molecular weight excluding hydrogens is 370 g/mol. The first-order chi connectivity index (χ1) is 10.2. The van der Waals surface area contributed by atoms with Crippen molar-refractivity contribution in [2.45, 2.75) is 51.7 Å². The Kier molecular flexibility index (Phi) is 7.52. The highest BCUT2D eigenvalue weighted by atomic mass is 79.9. The lowest BCUT2D eigenvalue weighted by Gasteiger charge is -2.21. The molecule has 0 aliphatic rings. The van der Waals surface area contributed by atoms with Gasteiger partial charge >= 0.3 is 5.97 Å². The van der Waals surface area contributed by atoms with Gasteiger partial charge in [-0.15, -0.1) is 11.3 Å². The van der Waals surface area contributed by atoms with Crippen LogP contribution in [0.25, 0.3) is 0 Å². The van der Waals surface area contributed by atoms with Crippen LogP contribution in [-0.4, -0.2) is 35.2 Å². The summed E-state index contributed by atoms with van der Waals surface area (Å²) in [5.74, 6) is -1.29. The van der Waals surface area contributed by atoms with Crippen molar-refractivity contribution in [1.29, 1.82) is 0 Å². The smallest absolute Gasteiger partial charge is 0.326 e. The van der Waals surface area contributed by atoms with Gasteiger partial charge in [0.1, 0.15) is 6.04 Å². The van der Waals surface area contributed by atoms with Crippen LogP contribution in [0.1, 0.15) is 38.5 Å². The number of hydrogen-bond acceptors (Lipinski definition) is 4. The molecule has 124 valence electrons. The number of carboxylic acid groups (broad SMARTS) is 1. The van der Waals surface area contributed by atoms with Crippen LogP contribution in [0.5, 0.6) is 0 Å². The molecule has 0 aliphatic carbocycles. The summed E-state index contributed by atoms with van der Waals surface area (Å²) in [7, 11) is 0. The SMILES string of the molecule is CC(C)(C)OCCC(NC(=O)CCc1cc(Br)cs1)C(=O)O. The van der Waals surface area contributed by atoms with Gasteiger partial charge in [0.2, 0.25) is 5.91 Å². The van der Waals surface area contributed by atoms with Crippen LogP contribution in [-0.2, 0) is 20.7 Å². The molecule has 1 amide bonds. The average Bonchev–Trinajstić information content (AvgIpc) is 2.79. The van der Waals surface area contributed by atoms with Crippen molar-refractivity contribution in [1.82, 2.24) is 5.32 Å². The lowest BCUT2D eigenvalue weighted by atomic mass is 10.1. The van der Waals surface area contributed by atoms with Crippen molar-refractivity contribution in [3.8, 4) is 0 Å². The van der Waals surface area contributed by atoms with Crippen molar-refractivity contribution in [3.63, 3.8) is 0 Å². The average molecular weight is 392 g/mol. The van der Waals surface area contributed by atoms with Crippen molar-refractivity contribution in [3.05, 3.63) is 20.8 Å². The van der Waals surface area contributed by atoms with Crippen LogP contribution in [0.15, 0.2) is 15.9 Å². The second kappa shape index (κ2) is 8.64. The maximum absolute atomic E-state index is 11.9. The fourth-order valence-electron chi connectivity index (χ4n) is 1.73. The number of hydrogen-bond donors (Lipinski definition) is 2. The predicted octanol–water partition coefficient (Wildman–Crippen LogP) is 3.22. The lowest BCUT2D eigenvalue weighted by Crippen LogP contribution is -2.42. The number of thiophene rings is 1. The molecule has 0 spiro atoms. The van der Waals surface area contributed by atoms with E-state index in [0.29, 0.717) is 13.0 Å². The van der Waals surface area contributed by atoms with Crippen molar-refractivity contribution < 1.29 is 19.4 Å². The minimum Gasteiger partial charge on any atom is -0.480 e. The van der Waals surface area contributed by atoms with E-state index in [4.69, 9.17) is 9.84 Å². The largest absolute Gasteiger partial charge is 0.480 e. The van der Waals surface area contributed by atoms with E-state index in [9.17, 15) is 9.59 Å². The van der Waals surface area contributed by atoms with Gasteiger partial charge in [0.25, 0.3) is 0 Å². The number of amides is 1. The fourth-order valence-corrected chi connectivity index (χ4v) is 3.18. The van der Waals surface area contributed by atoms with E-state index in [0.717, 1.165) is 9.35 Å². The van der Waals surface area contributed by atoms with Crippen LogP contribution in [0.2, 0.25) is 0 Å². The first-order valence-electron chi connectivity index (χ1n) is 7.06. The van der Waals surface area contributed by atoms with Gasteiger partial charge in [-0.25, -0.2) is 4.79 Å². The molecule has 1 rings (SSSR count). The van der Waals surface area contributed by atoms with E-state index in [1.165, 1.54) is 0 Å². The Morgan fingerprint density at radius 2 is 2.14 bits per heavy atom. The van der Waals surface area contributed by atoms with Crippen molar-refractivity contribution in [2.75, 3.05) is 6.61 Å². The summed E-state index contributed by atoms with van der Waals surface area (Å²) < 4.78 is 6.50. The van der Waals surface area contributed by atoms with E-state index in [-0.39, 0.29) is 24.3 Å². The zero-order valence-corrected chi connectivity index (χ0v) is 15.4. The topological polar surface area (TPSA) is 75.6 Å². The summed E-state index contributed by atoms with van der Waals surface area (Å²) in [6.07, 6.45) is 1.13. The summed E-state index contributed by atoms with van der Waals surface area (Å²) in [5.41, 5.74) is -0.320. The number of aliphatic carboxylic acids is 1. The molecule has 0 aromatic carbocycles. The second-order valence-electron chi connectivity index (χ2n) is 5.94. The van der Waals surface area contributed by atoms with Gasteiger partial charge < -0.3 is 15.2 Å². The molecule has 22 heavy (non-hydrogen) atoms. The summed E-state index contributed by atoms with van der Waals surface area (Å²) in [6.45, 7) is 6.00. The van der Waals surface area contributed by atoms with Crippen LogP contribution in [0.4, 0.5) is 0 Å². The molecule has 1 unspecified atom stereocenters. The molecule has 1 aromatic rings. The molecule has 1 heterocycles. The number of carboxylic acids is 1.